The lowest BCUT2D eigenvalue weighted by molar-refractivity contribution is -0.138. The van der Waals surface area contributed by atoms with E-state index in [2.05, 4.69) is 27.8 Å². The maximum Gasteiger partial charge on any atom is 0.417 e. The van der Waals surface area contributed by atoms with E-state index >= 15 is 0 Å². The molecule has 0 bridgehead atoms. The number of carbonyl (C=O) groups is 1. The maximum atomic E-state index is 13.4. The van der Waals surface area contributed by atoms with Crippen LogP contribution in [0.3, 0.4) is 0 Å². The molecular weight excluding hydrogens is 421 g/mol. The highest BCUT2D eigenvalue weighted by Gasteiger charge is 2.33. The number of hydrogen-bond donors (Lipinski definition) is 1. The van der Waals surface area contributed by atoms with Crippen LogP contribution in [0, 0.1) is 11.6 Å². The van der Waals surface area contributed by atoms with Gasteiger partial charge in [0.2, 0.25) is 5.91 Å². The summed E-state index contributed by atoms with van der Waals surface area (Å²) in [6, 6.07) is 5.88. The van der Waals surface area contributed by atoms with Crippen molar-refractivity contribution in [2.45, 2.75) is 18.5 Å². The minimum Gasteiger partial charge on any atom is -0.326 e. The number of nitrogens with one attached hydrogen (secondary N) is 1. The van der Waals surface area contributed by atoms with Crippen molar-refractivity contribution in [1.29, 1.82) is 0 Å². The zero-order valence-corrected chi connectivity index (χ0v) is 14.8. The van der Waals surface area contributed by atoms with Gasteiger partial charge in [-0.05, 0) is 42.3 Å². The molecule has 0 fully saturated rings. The van der Waals surface area contributed by atoms with Crippen molar-refractivity contribution in [1.82, 2.24) is 0 Å². The van der Waals surface area contributed by atoms with E-state index < -0.39 is 35.2 Å². The van der Waals surface area contributed by atoms with Crippen LogP contribution in [-0.2, 0) is 11.0 Å². The lowest BCUT2D eigenvalue weighted by Crippen LogP contribution is -2.21. The molecule has 2 aromatic rings. The fourth-order valence-electron chi connectivity index (χ4n) is 2.39. The molecule has 0 heterocycles. The molecule has 26 heavy (non-hydrogen) atoms. The number of benzene rings is 2. The number of halogens is 6. The molecule has 1 amide bonds. The van der Waals surface area contributed by atoms with Crippen molar-refractivity contribution in [3.63, 3.8) is 0 Å². The topological polar surface area (TPSA) is 29.1 Å². The number of alkyl halides is 3. The molecule has 1 unspecified atom stereocenters. The van der Waals surface area contributed by atoms with E-state index in [1.807, 2.05) is 0 Å². The summed E-state index contributed by atoms with van der Waals surface area (Å²) in [5, 5.41) is 2.35. The lowest BCUT2D eigenvalue weighted by Gasteiger charge is -2.17. The number of carbonyl (C=O) groups excluding carboxylic acids is 1. The third kappa shape index (κ3) is 4.91. The number of allylic oxidation sites excluding steroid dienone is 1. The van der Waals surface area contributed by atoms with Gasteiger partial charge in [0.05, 0.1) is 11.5 Å². The van der Waals surface area contributed by atoms with Crippen molar-refractivity contribution in [3.05, 3.63) is 76.3 Å². The highest BCUT2D eigenvalue weighted by molar-refractivity contribution is 9.10. The number of anilines is 1. The molecule has 2 rings (SSSR count). The molecule has 1 N–H and O–H groups in total. The Morgan fingerprint density at radius 1 is 1.15 bits per heavy atom. The predicted octanol–water partition coefficient (Wildman–Crippen LogP) is 6.04. The lowest BCUT2D eigenvalue weighted by atomic mass is 9.94. The highest BCUT2D eigenvalue weighted by atomic mass is 79.9. The van der Waals surface area contributed by atoms with E-state index in [1.165, 1.54) is 12.1 Å². The summed E-state index contributed by atoms with van der Waals surface area (Å²) >= 11 is 2.81. The van der Waals surface area contributed by atoms with Gasteiger partial charge in [-0.1, -0.05) is 22.0 Å². The van der Waals surface area contributed by atoms with Crippen LogP contribution in [-0.4, -0.2) is 5.91 Å². The van der Waals surface area contributed by atoms with Crippen molar-refractivity contribution in [3.8, 4) is 0 Å². The molecule has 0 radical (unpaired) electrons. The Labute approximate surface area is 154 Å². The molecule has 0 aromatic heterocycles. The molecule has 2 aromatic carbocycles. The second-order valence-electron chi connectivity index (χ2n) is 5.46. The third-order valence-electron chi connectivity index (χ3n) is 3.55. The maximum absolute atomic E-state index is 13.4. The summed E-state index contributed by atoms with van der Waals surface area (Å²) in [6.45, 7) is 3.50. The van der Waals surface area contributed by atoms with Crippen LogP contribution in [0.2, 0.25) is 0 Å². The fourth-order valence-corrected chi connectivity index (χ4v) is 2.86. The highest BCUT2D eigenvalue weighted by Crippen LogP contribution is 2.36. The minimum atomic E-state index is -4.61. The van der Waals surface area contributed by atoms with Crippen LogP contribution < -0.4 is 5.32 Å². The average Bonchev–Trinajstić information content (AvgIpc) is 2.52. The standard InChI is InChI=1S/C18H13BrF5NO/c1-2-3-14(10-6-11(20)8-12(21)7-10)17(26)25-13-4-5-16(19)15(9-13)18(22,23)24/h2,4-9,14H,1,3H2,(H,25,26). The first-order chi connectivity index (χ1) is 12.1. The van der Waals surface area contributed by atoms with Crippen molar-refractivity contribution in [2.24, 2.45) is 0 Å². The van der Waals surface area contributed by atoms with Crippen molar-refractivity contribution >= 4 is 27.5 Å². The zero-order valence-electron chi connectivity index (χ0n) is 13.2. The Bertz CT molecular complexity index is 815. The molecule has 2 nitrogen and oxygen atoms in total. The van der Waals surface area contributed by atoms with Gasteiger partial charge in [0.25, 0.3) is 0 Å². The van der Waals surface area contributed by atoms with Gasteiger partial charge in [0.15, 0.2) is 0 Å². The molecule has 0 aliphatic heterocycles. The molecule has 0 saturated carbocycles. The summed E-state index contributed by atoms with van der Waals surface area (Å²) in [5.41, 5.74) is -0.975. The van der Waals surface area contributed by atoms with Gasteiger partial charge in [-0.2, -0.15) is 13.2 Å². The summed E-state index contributed by atoms with van der Waals surface area (Å²) in [7, 11) is 0. The quantitative estimate of drug-likeness (QED) is 0.451. The number of hydrogen-bond acceptors (Lipinski definition) is 1. The third-order valence-corrected chi connectivity index (χ3v) is 4.24. The van der Waals surface area contributed by atoms with Gasteiger partial charge in [0, 0.05) is 16.2 Å². The van der Waals surface area contributed by atoms with Gasteiger partial charge in [-0.15, -0.1) is 6.58 Å². The average molecular weight is 434 g/mol. The Morgan fingerprint density at radius 3 is 2.31 bits per heavy atom. The van der Waals surface area contributed by atoms with E-state index in [0.717, 1.165) is 24.3 Å². The first-order valence-electron chi connectivity index (χ1n) is 7.36. The molecule has 0 aliphatic carbocycles. The smallest absolute Gasteiger partial charge is 0.326 e. The number of amides is 1. The van der Waals surface area contributed by atoms with Gasteiger partial charge < -0.3 is 5.32 Å². The SMILES string of the molecule is C=CCC(C(=O)Nc1ccc(Br)c(C(F)(F)F)c1)c1cc(F)cc(F)c1. The van der Waals surface area contributed by atoms with Gasteiger partial charge in [-0.3, -0.25) is 4.79 Å². The molecule has 1 atom stereocenters. The molecule has 0 saturated heterocycles. The number of rotatable bonds is 5. The van der Waals surface area contributed by atoms with Crippen LogP contribution >= 0.6 is 15.9 Å². The van der Waals surface area contributed by atoms with Crippen LogP contribution in [0.4, 0.5) is 27.6 Å². The Kier molecular flexibility index (Phi) is 6.17. The van der Waals surface area contributed by atoms with Crippen LogP contribution in [0.1, 0.15) is 23.5 Å². The van der Waals surface area contributed by atoms with Gasteiger partial charge >= 0.3 is 6.18 Å². The van der Waals surface area contributed by atoms with E-state index in [0.29, 0.717) is 6.07 Å². The van der Waals surface area contributed by atoms with E-state index in [-0.39, 0.29) is 22.1 Å². The van der Waals surface area contributed by atoms with E-state index in [9.17, 15) is 26.7 Å². The monoisotopic (exact) mass is 433 g/mol. The Morgan fingerprint density at radius 2 is 1.77 bits per heavy atom. The van der Waals surface area contributed by atoms with Crippen LogP contribution in [0.5, 0.6) is 0 Å². The normalized spacial score (nSPS) is 12.5. The Balaban J connectivity index is 2.32. The molecule has 0 spiro atoms. The van der Waals surface area contributed by atoms with Crippen molar-refractivity contribution in [2.75, 3.05) is 5.32 Å². The summed E-state index contributed by atoms with van der Waals surface area (Å²) in [5.74, 6) is -3.42. The van der Waals surface area contributed by atoms with Crippen LogP contribution in [0.15, 0.2) is 53.5 Å². The largest absolute Gasteiger partial charge is 0.417 e. The summed E-state index contributed by atoms with van der Waals surface area (Å²) < 4.78 is 65.6. The van der Waals surface area contributed by atoms with E-state index in [4.69, 9.17) is 0 Å². The zero-order chi connectivity index (χ0) is 19.5. The van der Waals surface area contributed by atoms with Gasteiger partial charge in [-0.25, -0.2) is 8.78 Å². The summed E-state index contributed by atoms with van der Waals surface area (Å²) in [6.07, 6.45) is -3.17. The second-order valence-corrected chi connectivity index (χ2v) is 6.32. The van der Waals surface area contributed by atoms with Gasteiger partial charge in [0.1, 0.15) is 11.6 Å². The molecular formula is C18H13BrF5NO. The Hall–Kier alpha value is -2.22. The second kappa shape index (κ2) is 7.99. The van der Waals surface area contributed by atoms with Crippen molar-refractivity contribution < 1.29 is 26.7 Å². The summed E-state index contributed by atoms with van der Waals surface area (Å²) in [4.78, 5) is 12.5. The first-order valence-corrected chi connectivity index (χ1v) is 8.15. The minimum absolute atomic E-state index is 0.0530. The fraction of sp³-hybridized carbons (Fsp3) is 0.167. The molecule has 8 heteroatoms. The molecule has 0 aliphatic rings. The van der Waals surface area contributed by atoms with Crippen LogP contribution in [0.25, 0.3) is 0 Å². The molecule has 138 valence electrons. The van der Waals surface area contributed by atoms with E-state index in [1.54, 1.807) is 0 Å². The first kappa shape index (κ1) is 20.1. The predicted molar refractivity (Wildman–Crippen MR) is 91.7 cm³/mol.